The van der Waals surface area contributed by atoms with Crippen LogP contribution in [0.3, 0.4) is 0 Å². The Kier molecular flexibility index (Phi) is 12.0. The van der Waals surface area contributed by atoms with Crippen molar-refractivity contribution in [2.75, 3.05) is 0 Å². The summed E-state index contributed by atoms with van der Waals surface area (Å²) in [5.41, 5.74) is -1.50. The van der Waals surface area contributed by atoms with Crippen LogP contribution in [0.15, 0.2) is 0 Å². The first-order chi connectivity index (χ1) is 5.00. The van der Waals surface area contributed by atoms with Crippen molar-refractivity contribution in [1.82, 2.24) is 0 Å². The molecule has 0 N–H and O–H groups in total. The Labute approximate surface area is 84.4 Å². The molecule has 0 aromatic carbocycles. The van der Waals surface area contributed by atoms with E-state index >= 15 is 0 Å². The van der Waals surface area contributed by atoms with Crippen LogP contribution in [0.5, 0.6) is 0 Å². The van der Waals surface area contributed by atoms with Crippen molar-refractivity contribution in [3.8, 4) is 0 Å². The van der Waals surface area contributed by atoms with Crippen molar-refractivity contribution in [2.45, 2.75) is 52.7 Å². The fraction of sp³-hybridized carbons (Fsp3) is 1.00. The topological polar surface area (TPSA) is 63.2 Å². The first-order valence-corrected chi connectivity index (χ1v) is 4.16. The Bertz CT molecular complexity index is 67.5. The van der Waals surface area contributed by atoms with E-state index in [1.165, 1.54) is 0 Å². The normalized spacial score (nSPS) is 10.5. The van der Waals surface area contributed by atoms with Crippen LogP contribution in [0.2, 0.25) is 0 Å². The van der Waals surface area contributed by atoms with Gasteiger partial charge in [-0.05, 0) is 0 Å². The molecule has 0 amide bonds. The fourth-order valence-corrected chi connectivity index (χ4v) is 0. The number of hydrogen-bond acceptors (Lipinski definition) is 3. The van der Waals surface area contributed by atoms with Crippen LogP contribution in [-0.4, -0.2) is 11.2 Å². The summed E-state index contributed by atoms with van der Waals surface area (Å²) in [5.74, 6) is 0. The molecule has 0 aromatic rings. The Morgan fingerprint density at radius 1 is 0.750 bits per heavy atom. The van der Waals surface area contributed by atoms with Crippen LogP contribution >= 0.6 is 0 Å². The van der Waals surface area contributed by atoms with Crippen LogP contribution in [0.4, 0.5) is 0 Å². The molecule has 0 spiro atoms. The molecule has 0 saturated heterocycles. The van der Waals surface area contributed by atoms with Gasteiger partial charge in [0.1, 0.15) is 0 Å². The Balaban J connectivity index is -0.000000112. The van der Waals surface area contributed by atoms with Gasteiger partial charge in [0.25, 0.3) is 0 Å². The van der Waals surface area contributed by atoms with E-state index in [9.17, 15) is 10.2 Å². The van der Waals surface area contributed by atoms with Crippen LogP contribution in [0, 0.1) is 0 Å². The summed E-state index contributed by atoms with van der Waals surface area (Å²) in [7, 11) is 0. The van der Waals surface area contributed by atoms with Gasteiger partial charge in [-0.25, -0.2) is 0 Å². The molecule has 0 aliphatic rings. The SMILES string of the molecule is CC(C)(C)[O-].CC(C)(C)[O-].[O]=[V+2]. The van der Waals surface area contributed by atoms with Crippen molar-refractivity contribution < 1.29 is 31.3 Å². The van der Waals surface area contributed by atoms with Crippen LogP contribution in [-0.2, 0) is 21.0 Å². The van der Waals surface area contributed by atoms with Crippen molar-refractivity contribution in [1.29, 1.82) is 0 Å². The van der Waals surface area contributed by atoms with Gasteiger partial charge in [0.15, 0.2) is 0 Å². The van der Waals surface area contributed by atoms with E-state index in [1.54, 1.807) is 41.5 Å². The molecule has 0 aromatic heterocycles. The Morgan fingerprint density at radius 3 is 0.750 bits per heavy atom. The first-order valence-electron chi connectivity index (χ1n) is 3.59. The van der Waals surface area contributed by atoms with E-state index in [1.807, 2.05) is 0 Å². The molecule has 0 unspecified atom stereocenters. The van der Waals surface area contributed by atoms with Crippen molar-refractivity contribution in [3.05, 3.63) is 0 Å². The molecular weight excluding hydrogens is 195 g/mol. The van der Waals surface area contributed by atoms with E-state index in [0.717, 1.165) is 17.4 Å². The van der Waals surface area contributed by atoms with Crippen LogP contribution in [0.25, 0.3) is 0 Å². The van der Waals surface area contributed by atoms with E-state index in [-0.39, 0.29) is 0 Å². The summed E-state index contributed by atoms with van der Waals surface area (Å²) < 4.78 is 8.19. The van der Waals surface area contributed by atoms with E-state index in [4.69, 9.17) is 3.67 Å². The fourth-order valence-electron chi connectivity index (χ4n) is 0. The quantitative estimate of drug-likeness (QED) is 0.576. The second kappa shape index (κ2) is 7.93. The van der Waals surface area contributed by atoms with E-state index < -0.39 is 11.2 Å². The van der Waals surface area contributed by atoms with Gasteiger partial charge in [0, 0.05) is 0 Å². The molecule has 0 atom stereocenters. The average molecular weight is 213 g/mol. The number of rotatable bonds is 0. The van der Waals surface area contributed by atoms with Crippen molar-refractivity contribution >= 4 is 0 Å². The predicted molar refractivity (Wildman–Crippen MR) is 40.2 cm³/mol. The van der Waals surface area contributed by atoms with Crippen LogP contribution in [0.1, 0.15) is 41.5 Å². The van der Waals surface area contributed by atoms with E-state index in [0.29, 0.717) is 0 Å². The summed E-state index contributed by atoms with van der Waals surface area (Å²) in [6.45, 7) is 9.79. The second-order valence-electron chi connectivity index (χ2n) is 4.22. The third-order valence-corrected chi connectivity index (χ3v) is 0. The molecule has 0 aliphatic carbocycles. The summed E-state index contributed by atoms with van der Waals surface area (Å²) in [6, 6.07) is 0. The van der Waals surface area contributed by atoms with Gasteiger partial charge in [-0.3, -0.25) is 0 Å². The minimum absolute atomic E-state index is 0.750. The second-order valence-corrected chi connectivity index (χ2v) is 4.22. The summed E-state index contributed by atoms with van der Waals surface area (Å²) >= 11 is 1.06. The summed E-state index contributed by atoms with van der Waals surface area (Å²) in [5, 5.41) is 20.2. The van der Waals surface area contributed by atoms with Gasteiger partial charge >= 0.3 is 21.0 Å². The zero-order chi connectivity index (χ0) is 11.0. The maximum atomic E-state index is 10.1. The molecule has 4 heteroatoms. The summed E-state index contributed by atoms with van der Waals surface area (Å²) in [6.07, 6.45) is 0. The van der Waals surface area contributed by atoms with Gasteiger partial charge in [-0.1, -0.05) is 41.5 Å². The zero-order valence-electron chi connectivity index (χ0n) is 8.67. The summed E-state index contributed by atoms with van der Waals surface area (Å²) in [4.78, 5) is 0. The molecule has 0 radical (unpaired) electrons. The minimum atomic E-state index is -0.750. The monoisotopic (exact) mass is 213 g/mol. The van der Waals surface area contributed by atoms with Gasteiger partial charge < -0.3 is 10.2 Å². The van der Waals surface area contributed by atoms with Gasteiger partial charge in [-0.15, -0.1) is 11.2 Å². The van der Waals surface area contributed by atoms with Crippen LogP contribution < -0.4 is 10.2 Å². The zero-order valence-corrected chi connectivity index (χ0v) is 10.1. The molecule has 0 rings (SSSR count). The molecule has 73 valence electrons. The third kappa shape index (κ3) is 9630. The standard InChI is InChI=1S/2C4H9O.O.V/c2*1-4(2,3)5;;/h2*1-3H3;;/q2*-1;;+2. The maximum absolute atomic E-state index is 10.1. The number of hydrogen-bond donors (Lipinski definition) is 0. The van der Waals surface area contributed by atoms with Crippen molar-refractivity contribution in [2.24, 2.45) is 0 Å². The van der Waals surface area contributed by atoms with Crippen molar-refractivity contribution in [3.63, 3.8) is 0 Å². The Morgan fingerprint density at radius 2 is 0.750 bits per heavy atom. The van der Waals surface area contributed by atoms with Gasteiger partial charge in [0.05, 0.1) is 0 Å². The Hall–Kier alpha value is 0.304. The molecule has 0 bridgehead atoms. The molecule has 0 aliphatic heterocycles. The molecule has 0 saturated carbocycles. The van der Waals surface area contributed by atoms with Gasteiger partial charge in [-0.2, -0.15) is 0 Å². The first kappa shape index (κ1) is 18.2. The molecular formula is C8H18O3V. The third-order valence-electron chi connectivity index (χ3n) is 0. The van der Waals surface area contributed by atoms with Gasteiger partial charge in [0.2, 0.25) is 0 Å². The molecule has 0 fully saturated rings. The average Bonchev–Trinajstić information content (AvgIpc) is 1.59. The predicted octanol–water partition coefficient (Wildman–Crippen LogP) is 0.169. The molecule has 0 heterocycles. The molecule has 12 heavy (non-hydrogen) atoms. The van der Waals surface area contributed by atoms with E-state index in [2.05, 4.69) is 0 Å². The molecule has 3 nitrogen and oxygen atoms in total.